The average molecular weight is 588 g/mol. The van der Waals surface area contributed by atoms with Crippen LogP contribution in [0.4, 0.5) is 11.4 Å². The summed E-state index contributed by atoms with van der Waals surface area (Å²) in [6, 6.07) is 20.0. The van der Waals surface area contributed by atoms with Crippen LogP contribution in [0.15, 0.2) is 77.7 Å². The zero-order chi connectivity index (χ0) is 25.7. The molecule has 3 aromatic rings. The fraction of sp³-hybridized carbons (Fsp3) is 0.231. The van der Waals surface area contributed by atoms with E-state index in [0.29, 0.717) is 18.8 Å². The number of non-ortho nitro benzene ring substituents is 1. The van der Waals surface area contributed by atoms with Crippen LogP contribution < -0.4 is 15.0 Å². The third-order valence-electron chi connectivity index (χ3n) is 5.77. The van der Waals surface area contributed by atoms with Gasteiger partial charge in [-0.05, 0) is 49.0 Å². The number of nitrogens with zero attached hydrogens (tertiary/aromatic N) is 2. The molecule has 9 nitrogen and oxygen atoms in total. The first-order chi connectivity index (χ1) is 17.4. The molecule has 3 aromatic carbocycles. The van der Waals surface area contributed by atoms with Crippen LogP contribution in [-0.4, -0.2) is 50.2 Å². The minimum Gasteiger partial charge on any atom is -0.497 e. The van der Waals surface area contributed by atoms with Crippen LogP contribution in [0.5, 0.6) is 5.75 Å². The Morgan fingerprint density at radius 3 is 2.38 bits per heavy atom. The minimum atomic E-state index is -1.14. The van der Waals surface area contributed by atoms with E-state index < -0.39 is 22.2 Å². The van der Waals surface area contributed by atoms with Crippen molar-refractivity contribution in [3.05, 3.63) is 94.0 Å². The van der Waals surface area contributed by atoms with E-state index in [-0.39, 0.29) is 34.1 Å². The summed E-state index contributed by atoms with van der Waals surface area (Å²) in [4.78, 5) is 40.0. The van der Waals surface area contributed by atoms with E-state index >= 15 is 0 Å². The number of carbonyl (C=O) groups is 2. The lowest BCUT2D eigenvalue weighted by molar-refractivity contribution is -0.384. The summed E-state index contributed by atoms with van der Waals surface area (Å²) in [6.07, 6.45) is -1.14. The summed E-state index contributed by atoms with van der Waals surface area (Å²) in [6.45, 7) is 0.925. The van der Waals surface area contributed by atoms with Crippen LogP contribution in [0.25, 0.3) is 0 Å². The third kappa shape index (κ3) is 6.30. The molecule has 1 amide bonds. The van der Waals surface area contributed by atoms with E-state index in [1.165, 1.54) is 36.0 Å². The number of hydrogen-bond donors (Lipinski definition) is 1. The highest BCUT2D eigenvalue weighted by Crippen LogP contribution is 2.47. The van der Waals surface area contributed by atoms with Crippen molar-refractivity contribution in [3.63, 3.8) is 0 Å². The normalized spacial score (nSPS) is 16.7. The molecule has 194 valence electrons. The molecule has 4 rings (SSSR count). The number of nitro benzene ring substituents is 1. The number of para-hydroxylation sites is 1. The van der Waals surface area contributed by atoms with Crippen LogP contribution in [0.3, 0.4) is 0 Å². The van der Waals surface area contributed by atoms with Crippen molar-refractivity contribution in [1.82, 2.24) is 5.32 Å². The summed E-state index contributed by atoms with van der Waals surface area (Å²) in [5, 5.41) is 13.5. The Bertz CT molecular complexity index is 1260. The first-order valence-corrected chi connectivity index (χ1v) is 12.1. The summed E-state index contributed by atoms with van der Waals surface area (Å²) in [5.41, 5.74) is 1.52. The first kappa shape index (κ1) is 28.2. The van der Waals surface area contributed by atoms with E-state index in [1.807, 2.05) is 36.4 Å². The molecule has 0 bridgehead atoms. The summed E-state index contributed by atoms with van der Waals surface area (Å²) in [5.74, 6) is -0.417. The third-order valence-corrected chi connectivity index (χ3v) is 7.14. The van der Waals surface area contributed by atoms with Gasteiger partial charge in [-0.3, -0.25) is 14.9 Å². The van der Waals surface area contributed by atoms with E-state index in [9.17, 15) is 19.7 Å². The van der Waals surface area contributed by atoms with Gasteiger partial charge in [-0.2, -0.15) is 0 Å². The van der Waals surface area contributed by atoms with Crippen LogP contribution in [-0.2, 0) is 9.53 Å². The second kappa shape index (κ2) is 12.7. The summed E-state index contributed by atoms with van der Waals surface area (Å²) in [7, 11) is 3.37. The van der Waals surface area contributed by atoms with E-state index in [4.69, 9.17) is 9.47 Å². The number of amides is 1. The Morgan fingerprint density at radius 1 is 1.08 bits per heavy atom. The molecule has 0 saturated heterocycles. The van der Waals surface area contributed by atoms with Crippen LogP contribution >= 0.6 is 28.7 Å². The zero-order valence-corrected chi connectivity index (χ0v) is 22.7. The maximum atomic E-state index is 13.9. The number of benzene rings is 3. The second-order valence-electron chi connectivity index (χ2n) is 8.00. The number of ether oxygens (including phenoxy) is 2. The topological polar surface area (TPSA) is 111 Å². The van der Waals surface area contributed by atoms with Gasteiger partial charge in [0.25, 0.3) is 11.6 Å². The molecular formula is C26H26BrN3O6S. The van der Waals surface area contributed by atoms with E-state index in [1.54, 1.807) is 31.2 Å². The van der Waals surface area contributed by atoms with Crippen molar-refractivity contribution in [2.75, 3.05) is 32.1 Å². The molecule has 0 fully saturated rings. The number of esters is 1. The lowest BCUT2D eigenvalue weighted by Gasteiger charge is -2.28. The SMILES string of the molecule is Br.CNCCN1C(=O)[C@H](OC(=O)c2ccc([N+](=O)[O-])cc2)[C@H](c2ccc(OC)cc2)Sc2ccccc21. The van der Waals surface area contributed by atoms with Gasteiger partial charge < -0.3 is 19.7 Å². The number of nitro groups is 1. The Kier molecular flexibility index (Phi) is 9.67. The molecule has 0 aromatic heterocycles. The van der Waals surface area contributed by atoms with Crippen molar-refractivity contribution in [2.45, 2.75) is 16.2 Å². The maximum Gasteiger partial charge on any atom is 0.338 e. The second-order valence-corrected chi connectivity index (χ2v) is 9.19. The molecule has 1 aliphatic rings. The average Bonchev–Trinajstić information content (AvgIpc) is 3.02. The number of rotatable bonds is 8. The number of thioether (sulfide) groups is 1. The van der Waals surface area contributed by atoms with Gasteiger partial charge >= 0.3 is 5.97 Å². The fourth-order valence-electron chi connectivity index (χ4n) is 3.89. The van der Waals surface area contributed by atoms with Gasteiger partial charge in [0.1, 0.15) is 5.75 Å². The standard InChI is InChI=1S/C26H25N3O6S.BrH/c1-27-15-16-28-21-5-3-4-6-22(21)36-24(17-9-13-20(34-2)14-10-17)23(25(28)30)35-26(31)18-7-11-19(12-8-18)29(32)33;/h3-14,23-24,27H,15-16H2,1-2H3;1H/t23-,24+;/m1./s1. The highest BCUT2D eigenvalue weighted by Gasteiger charge is 2.41. The molecular weight excluding hydrogens is 562 g/mol. The van der Waals surface area contributed by atoms with Gasteiger partial charge in [-0.1, -0.05) is 24.3 Å². The molecule has 0 unspecified atom stereocenters. The quantitative estimate of drug-likeness (QED) is 0.227. The molecule has 2 atom stereocenters. The highest BCUT2D eigenvalue weighted by molar-refractivity contribution is 8.93. The van der Waals surface area contributed by atoms with Gasteiger partial charge in [0.2, 0.25) is 0 Å². The summed E-state index contributed by atoms with van der Waals surface area (Å²) >= 11 is 1.45. The van der Waals surface area contributed by atoms with Crippen LogP contribution in [0.2, 0.25) is 0 Å². The molecule has 0 spiro atoms. The maximum absolute atomic E-state index is 13.9. The minimum absolute atomic E-state index is 0. The monoisotopic (exact) mass is 587 g/mol. The smallest absolute Gasteiger partial charge is 0.338 e. The number of carbonyl (C=O) groups excluding carboxylic acids is 2. The van der Waals surface area contributed by atoms with E-state index in [0.717, 1.165) is 16.1 Å². The Labute approximate surface area is 229 Å². The van der Waals surface area contributed by atoms with Crippen molar-refractivity contribution in [3.8, 4) is 5.75 Å². The van der Waals surface area contributed by atoms with Gasteiger partial charge in [0, 0.05) is 30.1 Å². The predicted octanol–water partition coefficient (Wildman–Crippen LogP) is 4.81. The number of anilines is 1. The first-order valence-electron chi connectivity index (χ1n) is 11.2. The molecule has 11 heteroatoms. The Balaban J connectivity index is 0.00000380. The van der Waals surface area contributed by atoms with Crippen molar-refractivity contribution < 1.29 is 24.0 Å². The number of halogens is 1. The zero-order valence-electron chi connectivity index (χ0n) is 20.2. The Hall–Kier alpha value is -3.41. The van der Waals surface area contributed by atoms with E-state index in [2.05, 4.69) is 5.32 Å². The van der Waals surface area contributed by atoms with Crippen LogP contribution in [0, 0.1) is 10.1 Å². The molecule has 0 aliphatic carbocycles. The molecule has 37 heavy (non-hydrogen) atoms. The number of likely N-dealkylation sites (N-methyl/N-ethyl adjacent to an activating group) is 1. The number of nitrogens with one attached hydrogen (secondary N) is 1. The van der Waals surface area contributed by atoms with Crippen LogP contribution in [0.1, 0.15) is 21.2 Å². The molecule has 1 N–H and O–H groups in total. The van der Waals surface area contributed by atoms with Crippen molar-refractivity contribution in [2.24, 2.45) is 0 Å². The number of hydrogen-bond acceptors (Lipinski definition) is 8. The number of methoxy groups -OCH3 is 1. The largest absolute Gasteiger partial charge is 0.497 e. The molecule has 0 radical (unpaired) electrons. The molecule has 0 saturated carbocycles. The predicted molar refractivity (Wildman–Crippen MR) is 147 cm³/mol. The van der Waals surface area contributed by atoms with Gasteiger partial charge in [-0.25, -0.2) is 4.79 Å². The molecule has 1 aliphatic heterocycles. The van der Waals surface area contributed by atoms with Gasteiger partial charge in [-0.15, -0.1) is 28.7 Å². The highest BCUT2D eigenvalue weighted by atomic mass is 79.9. The van der Waals surface area contributed by atoms with Crippen molar-refractivity contribution >= 4 is 52.0 Å². The number of fused-ring (bicyclic) bond motifs is 1. The molecule has 1 heterocycles. The lowest BCUT2D eigenvalue weighted by atomic mass is 10.1. The fourth-order valence-corrected chi connectivity index (χ4v) is 5.20. The van der Waals surface area contributed by atoms with Gasteiger partial charge in [0.05, 0.1) is 28.5 Å². The Morgan fingerprint density at radius 2 is 1.76 bits per heavy atom. The van der Waals surface area contributed by atoms with Crippen molar-refractivity contribution in [1.29, 1.82) is 0 Å². The lowest BCUT2D eigenvalue weighted by Crippen LogP contribution is -2.45. The summed E-state index contributed by atoms with van der Waals surface area (Å²) < 4.78 is 11.1. The van der Waals surface area contributed by atoms with Gasteiger partial charge in [0.15, 0.2) is 6.10 Å².